The van der Waals surface area contributed by atoms with Crippen LogP contribution in [0.25, 0.3) is 0 Å². The Labute approximate surface area is 145 Å². The average Bonchev–Trinajstić information content (AvgIpc) is 2.91. The highest BCUT2D eigenvalue weighted by atomic mass is 16.3. The van der Waals surface area contributed by atoms with Crippen molar-refractivity contribution in [3.05, 3.63) is 40.5 Å². The molecule has 2 fully saturated rings. The first-order chi connectivity index (χ1) is 11.6. The van der Waals surface area contributed by atoms with Crippen LogP contribution in [0.3, 0.4) is 0 Å². The van der Waals surface area contributed by atoms with Gasteiger partial charge in [0.2, 0.25) is 0 Å². The summed E-state index contributed by atoms with van der Waals surface area (Å²) >= 11 is 0. The summed E-state index contributed by atoms with van der Waals surface area (Å²) in [5, 5.41) is 19.6. The van der Waals surface area contributed by atoms with Gasteiger partial charge >= 0.3 is 0 Å². The van der Waals surface area contributed by atoms with Crippen molar-refractivity contribution in [2.75, 3.05) is 6.61 Å². The molecule has 2 nitrogen and oxygen atoms in total. The highest BCUT2D eigenvalue weighted by Crippen LogP contribution is 2.62. The maximum atomic E-state index is 10.2. The second-order valence-electron chi connectivity index (χ2n) is 8.36. The third kappa shape index (κ3) is 2.26. The van der Waals surface area contributed by atoms with Gasteiger partial charge in [0.1, 0.15) is 5.75 Å². The minimum Gasteiger partial charge on any atom is -0.508 e. The largest absolute Gasteiger partial charge is 0.508 e. The molecule has 4 atom stereocenters. The molecule has 0 aromatic heterocycles. The lowest BCUT2D eigenvalue weighted by atomic mass is 9.55. The number of aryl methyl sites for hydroxylation is 2. The third-order valence-corrected chi connectivity index (χ3v) is 7.49. The third-order valence-electron chi connectivity index (χ3n) is 7.49. The second kappa shape index (κ2) is 5.91. The maximum absolute atomic E-state index is 10.2. The fraction of sp³-hybridized carbons (Fsp3) is 0.636. The van der Waals surface area contributed by atoms with Crippen LogP contribution in [0.4, 0.5) is 0 Å². The number of aromatic hydroxyl groups is 1. The van der Waals surface area contributed by atoms with Gasteiger partial charge < -0.3 is 10.2 Å². The number of benzene rings is 1. The van der Waals surface area contributed by atoms with Gasteiger partial charge in [0.25, 0.3) is 0 Å². The van der Waals surface area contributed by atoms with Gasteiger partial charge in [-0.3, -0.25) is 0 Å². The van der Waals surface area contributed by atoms with Crippen LogP contribution < -0.4 is 0 Å². The van der Waals surface area contributed by atoms with E-state index in [2.05, 4.69) is 26.0 Å². The molecule has 0 heterocycles. The van der Waals surface area contributed by atoms with Crippen LogP contribution >= 0.6 is 0 Å². The molecule has 2 saturated carbocycles. The van der Waals surface area contributed by atoms with Crippen molar-refractivity contribution in [2.24, 2.45) is 17.3 Å². The van der Waals surface area contributed by atoms with Crippen LogP contribution in [0.1, 0.15) is 68.6 Å². The van der Waals surface area contributed by atoms with E-state index in [-0.39, 0.29) is 6.61 Å². The van der Waals surface area contributed by atoms with Crippen molar-refractivity contribution < 1.29 is 10.2 Å². The lowest BCUT2D eigenvalue weighted by molar-refractivity contribution is 0.0809. The topological polar surface area (TPSA) is 40.5 Å². The molecule has 0 saturated heterocycles. The van der Waals surface area contributed by atoms with E-state index < -0.39 is 0 Å². The molecule has 1 aromatic rings. The Kier molecular flexibility index (Phi) is 3.99. The zero-order valence-electron chi connectivity index (χ0n) is 15.0. The Bertz CT molecular complexity index is 675. The van der Waals surface area contributed by atoms with Crippen molar-refractivity contribution in [1.82, 2.24) is 0 Å². The zero-order chi connectivity index (χ0) is 16.9. The lowest BCUT2D eigenvalue weighted by Crippen LogP contribution is -2.40. The number of hydrogen-bond donors (Lipinski definition) is 2. The first-order valence-corrected chi connectivity index (χ1v) is 9.73. The van der Waals surface area contributed by atoms with Gasteiger partial charge in [-0.2, -0.15) is 0 Å². The first-order valence-electron chi connectivity index (χ1n) is 9.73. The summed E-state index contributed by atoms with van der Waals surface area (Å²) < 4.78 is 0. The van der Waals surface area contributed by atoms with E-state index in [1.807, 2.05) is 6.07 Å². The first kappa shape index (κ1) is 16.2. The number of fused-ring (bicyclic) bond motifs is 5. The smallest absolute Gasteiger partial charge is 0.119 e. The molecule has 0 unspecified atom stereocenters. The summed E-state index contributed by atoms with van der Waals surface area (Å²) in [7, 11) is 0. The van der Waals surface area contributed by atoms with E-state index in [1.165, 1.54) is 48.8 Å². The fourth-order valence-electron chi connectivity index (χ4n) is 6.23. The van der Waals surface area contributed by atoms with Gasteiger partial charge in [0.05, 0.1) is 6.61 Å². The van der Waals surface area contributed by atoms with Crippen molar-refractivity contribution >= 4 is 0 Å². The molecule has 0 spiro atoms. The zero-order valence-corrected chi connectivity index (χ0v) is 15.0. The van der Waals surface area contributed by atoms with E-state index in [1.54, 1.807) is 0 Å². The van der Waals surface area contributed by atoms with Crippen LogP contribution in [-0.2, 0) is 12.8 Å². The Morgan fingerprint density at radius 1 is 1.21 bits per heavy atom. The molecule has 2 heteroatoms. The van der Waals surface area contributed by atoms with E-state index in [9.17, 15) is 10.2 Å². The molecule has 4 rings (SSSR count). The molecule has 0 radical (unpaired) electrons. The predicted octanol–water partition coefficient (Wildman–Crippen LogP) is 4.73. The van der Waals surface area contributed by atoms with Crippen molar-refractivity contribution in [2.45, 2.75) is 64.7 Å². The second-order valence-corrected chi connectivity index (χ2v) is 8.36. The minimum atomic E-state index is 0.188. The number of aliphatic hydroxyl groups is 1. The summed E-state index contributed by atoms with van der Waals surface area (Å²) in [4.78, 5) is 0. The van der Waals surface area contributed by atoms with Crippen molar-refractivity contribution in [1.29, 1.82) is 0 Å². The highest BCUT2D eigenvalue weighted by molar-refractivity contribution is 5.46. The summed E-state index contributed by atoms with van der Waals surface area (Å²) in [5.41, 5.74) is 5.85. The number of phenols is 1. The number of allylic oxidation sites excluding steroid dienone is 1. The van der Waals surface area contributed by atoms with Crippen LogP contribution in [0, 0.1) is 17.3 Å². The molecule has 0 aliphatic heterocycles. The normalized spacial score (nSPS) is 36.3. The van der Waals surface area contributed by atoms with Gasteiger partial charge in [-0.15, -0.1) is 0 Å². The van der Waals surface area contributed by atoms with Crippen LogP contribution in [0.2, 0.25) is 0 Å². The number of rotatable bonds is 2. The molecule has 0 amide bonds. The Morgan fingerprint density at radius 2 is 2.04 bits per heavy atom. The Hall–Kier alpha value is -1.28. The molecule has 24 heavy (non-hydrogen) atoms. The molecule has 2 N–H and O–H groups in total. The SMILES string of the molecule is CCc1cc2c(cc1O)CC[C@@H]1[C@@H]2CC[C@]2(C)/C(=C\CO)CC[C@@H]12. The molecule has 3 aliphatic rings. The van der Waals surface area contributed by atoms with Gasteiger partial charge in [-0.1, -0.05) is 31.6 Å². The molecule has 130 valence electrons. The van der Waals surface area contributed by atoms with E-state index in [0.29, 0.717) is 17.1 Å². The standard InChI is InChI=1S/C22H30O2/c1-3-14-12-19-15(13-21(14)24)4-6-18-17(19)8-10-22(2)16(9-11-23)5-7-20(18)22/h9,12-13,17-18,20,23-24H,3-8,10-11H2,1-2H3/b16-9-/t17-,18+,20-,22+/m0/s1. The predicted molar refractivity (Wildman–Crippen MR) is 97.3 cm³/mol. The summed E-state index contributed by atoms with van der Waals surface area (Å²) in [6.07, 6.45) is 10.3. The van der Waals surface area contributed by atoms with Crippen LogP contribution in [-0.4, -0.2) is 16.8 Å². The van der Waals surface area contributed by atoms with Gasteiger partial charge in [0, 0.05) is 0 Å². The van der Waals surface area contributed by atoms with Crippen molar-refractivity contribution in [3.63, 3.8) is 0 Å². The van der Waals surface area contributed by atoms with E-state index in [0.717, 1.165) is 30.2 Å². The Morgan fingerprint density at radius 3 is 2.79 bits per heavy atom. The highest BCUT2D eigenvalue weighted by Gasteiger charge is 2.52. The summed E-state index contributed by atoms with van der Waals surface area (Å²) in [5.74, 6) is 2.70. The monoisotopic (exact) mass is 326 g/mol. The molecule has 3 aliphatic carbocycles. The summed E-state index contributed by atoms with van der Waals surface area (Å²) in [6.45, 7) is 4.77. The molecule has 1 aromatic carbocycles. The van der Waals surface area contributed by atoms with Gasteiger partial charge in [0.15, 0.2) is 0 Å². The van der Waals surface area contributed by atoms with E-state index >= 15 is 0 Å². The van der Waals surface area contributed by atoms with E-state index in [4.69, 9.17) is 0 Å². The van der Waals surface area contributed by atoms with Crippen molar-refractivity contribution in [3.8, 4) is 5.75 Å². The Balaban J connectivity index is 1.70. The molecular weight excluding hydrogens is 296 g/mol. The van der Waals surface area contributed by atoms with Gasteiger partial charge in [-0.25, -0.2) is 0 Å². The lowest BCUT2D eigenvalue weighted by Gasteiger charge is -2.49. The summed E-state index contributed by atoms with van der Waals surface area (Å²) in [6, 6.07) is 4.35. The fourth-order valence-corrected chi connectivity index (χ4v) is 6.23. The quantitative estimate of drug-likeness (QED) is 0.771. The average molecular weight is 326 g/mol. The molecular formula is C22H30O2. The number of phenolic OH excluding ortho intramolecular Hbond substituents is 1. The molecule has 0 bridgehead atoms. The van der Waals surface area contributed by atoms with Gasteiger partial charge in [-0.05, 0) is 90.9 Å². The number of aliphatic hydroxyl groups excluding tert-OH is 1. The van der Waals surface area contributed by atoms with Crippen LogP contribution in [0.15, 0.2) is 23.8 Å². The van der Waals surface area contributed by atoms with Crippen LogP contribution in [0.5, 0.6) is 5.75 Å². The minimum absolute atomic E-state index is 0.188. The number of hydrogen-bond acceptors (Lipinski definition) is 2. The maximum Gasteiger partial charge on any atom is 0.119 e.